The Morgan fingerprint density at radius 2 is 1.64 bits per heavy atom. The molecule has 0 aliphatic heterocycles. The second kappa shape index (κ2) is 6.46. The molecule has 3 rings (SSSR count). The molecule has 0 amide bonds. The van der Waals surface area contributed by atoms with Crippen molar-refractivity contribution in [2.75, 3.05) is 6.26 Å². The third kappa shape index (κ3) is 2.98. The molecule has 0 radical (unpaired) electrons. The van der Waals surface area contributed by atoms with E-state index in [-0.39, 0.29) is 5.82 Å². The first kappa shape index (κ1) is 15.0. The summed E-state index contributed by atoms with van der Waals surface area (Å²) in [7, 11) is 0. The van der Waals surface area contributed by atoms with Crippen molar-refractivity contribution in [3.05, 3.63) is 65.3 Å². The monoisotopic (exact) mass is 328 g/mol. The van der Waals surface area contributed by atoms with Crippen LogP contribution >= 0.6 is 23.1 Å². The van der Waals surface area contributed by atoms with Gasteiger partial charge in [0.15, 0.2) is 6.29 Å². The van der Waals surface area contributed by atoms with Gasteiger partial charge in [-0.2, -0.15) is 0 Å². The van der Waals surface area contributed by atoms with Gasteiger partial charge in [-0.3, -0.25) is 4.79 Å². The van der Waals surface area contributed by atoms with Crippen molar-refractivity contribution in [1.82, 2.24) is 0 Å². The zero-order chi connectivity index (χ0) is 15.5. The molecule has 22 heavy (non-hydrogen) atoms. The Bertz CT molecular complexity index is 789. The highest BCUT2D eigenvalue weighted by molar-refractivity contribution is 7.98. The second-order valence-electron chi connectivity index (χ2n) is 4.74. The average Bonchev–Trinajstić information content (AvgIpc) is 3.00. The van der Waals surface area contributed by atoms with Crippen molar-refractivity contribution >= 4 is 29.4 Å². The van der Waals surface area contributed by atoms with Crippen LogP contribution in [-0.2, 0) is 0 Å². The molecule has 110 valence electrons. The van der Waals surface area contributed by atoms with E-state index in [2.05, 4.69) is 24.3 Å². The molecular formula is C18H13FOS2. The summed E-state index contributed by atoms with van der Waals surface area (Å²) in [5.74, 6) is -0.262. The number of thioether (sulfide) groups is 1. The number of thiophene rings is 1. The molecule has 0 atom stereocenters. The van der Waals surface area contributed by atoms with Crippen molar-refractivity contribution in [2.24, 2.45) is 0 Å². The minimum atomic E-state index is -0.262. The summed E-state index contributed by atoms with van der Waals surface area (Å²) < 4.78 is 13.1. The Hall–Kier alpha value is -1.91. The van der Waals surface area contributed by atoms with E-state index in [0.29, 0.717) is 4.88 Å². The van der Waals surface area contributed by atoms with E-state index in [1.807, 2.05) is 12.3 Å². The smallest absolute Gasteiger partial charge is 0.160 e. The Balaban J connectivity index is 2.11. The van der Waals surface area contributed by atoms with E-state index in [1.165, 1.54) is 28.4 Å². The lowest BCUT2D eigenvalue weighted by Gasteiger charge is -2.05. The molecule has 0 saturated carbocycles. The molecule has 0 spiro atoms. The average molecular weight is 328 g/mol. The number of halogens is 1. The highest BCUT2D eigenvalue weighted by Crippen LogP contribution is 2.39. The zero-order valence-corrected chi connectivity index (χ0v) is 13.5. The number of rotatable bonds is 4. The summed E-state index contributed by atoms with van der Waals surface area (Å²) >= 11 is 3.12. The summed E-state index contributed by atoms with van der Waals surface area (Å²) in [6, 6.07) is 16.5. The quantitative estimate of drug-likeness (QED) is 0.448. The van der Waals surface area contributed by atoms with Crippen LogP contribution < -0.4 is 0 Å². The lowest BCUT2D eigenvalue weighted by atomic mass is 10.0. The number of carbonyl (C=O) groups is 1. The van der Waals surface area contributed by atoms with Gasteiger partial charge in [0.2, 0.25) is 0 Å². The first-order chi connectivity index (χ1) is 10.7. The molecule has 0 N–H and O–H groups in total. The van der Waals surface area contributed by atoms with Crippen molar-refractivity contribution in [1.29, 1.82) is 0 Å². The Morgan fingerprint density at radius 3 is 2.23 bits per heavy atom. The highest BCUT2D eigenvalue weighted by Gasteiger charge is 2.13. The van der Waals surface area contributed by atoms with Crippen molar-refractivity contribution < 1.29 is 9.18 Å². The van der Waals surface area contributed by atoms with Gasteiger partial charge in [0.05, 0.1) is 4.88 Å². The van der Waals surface area contributed by atoms with Crippen molar-refractivity contribution in [2.45, 2.75) is 4.90 Å². The first-order valence-corrected chi connectivity index (χ1v) is 8.75. The van der Waals surface area contributed by atoms with Crippen LogP contribution in [0.25, 0.3) is 21.6 Å². The van der Waals surface area contributed by atoms with Crippen LogP contribution in [0.3, 0.4) is 0 Å². The zero-order valence-electron chi connectivity index (χ0n) is 11.9. The first-order valence-electron chi connectivity index (χ1n) is 6.70. The Morgan fingerprint density at radius 1 is 1.00 bits per heavy atom. The topological polar surface area (TPSA) is 17.1 Å². The van der Waals surface area contributed by atoms with Crippen LogP contribution in [0, 0.1) is 5.82 Å². The van der Waals surface area contributed by atoms with Crippen LogP contribution in [0.5, 0.6) is 0 Å². The van der Waals surface area contributed by atoms with Gasteiger partial charge in [-0.25, -0.2) is 4.39 Å². The van der Waals surface area contributed by atoms with Gasteiger partial charge in [0.1, 0.15) is 5.82 Å². The molecule has 0 aliphatic carbocycles. The lowest BCUT2D eigenvalue weighted by molar-refractivity contribution is 0.112. The minimum Gasteiger partial charge on any atom is -0.297 e. The molecule has 1 heterocycles. The molecular weight excluding hydrogens is 315 g/mol. The molecule has 0 unspecified atom stereocenters. The molecule has 4 heteroatoms. The van der Waals surface area contributed by atoms with E-state index in [1.54, 1.807) is 23.9 Å². The van der Waals surface area contributed by atoms with Gasteiger partial charge in [-0.15, -0.1) is 23.1 Å². The molecule has 0 saturated heterocycles. The van der Waals surface area contributed by atoms with Gasteiger partial charge in [-0.1, -0.05) is 24.3 Å². The fourth-order valence-electron chi connectivity index (χ4n) is 2.27. The van der Waals surface area contributed by atoms with Gasteiger partial charge in [0.25, 0.3) is 0 Å². The van der Waals surface area contributed by atoms with Crippen molar-refractivity contribution in [3.8, 4) is 21.6 Å². The third-order valence-corrected chi connectivity index (χ3v) is 5.23. The van der Waals surface area contributed by atoms with Crippen LogP contribution in [0.15, 0.2) is 59.5 Å². The van der Waals surface area contributed by atoms with E-state index >= 15 is 0 Å². The summed E-state index contributed by atoms with van der Waals surface area (Å²) in [4.78, 5) is 14.0. The SMILES string of the molecule is CSc1ccc(-c2cc(C=O)sc2-c2ccc(F)cc2)cc1. The molecule has 0 bridgehead atoms. The predicted molar refractivity (Wildman–Crippen MR) is 92.3 cm³/mol. The van der Waals surface area contributed by atoms with Gasteiger partial charge in [-0.05, 0) is 47.7 Å². The maximum Gasteiger partial charge on any atom is 0.160 e. The maximum atomic E-state index is 13.1. The number of benzene rings is 2. The fourth-order valence-corrected chi connectivity index (χ4v) is 3.68. The summed E-state index contributed by atoms with van der Waals surface area (Å²) in [6.45, 7) is 0. The van der Waals surface area contributed by atoms with Crippen molar-refractivity contribution in [3.63, 3.8) is 0 Å². The molecule has 1 aromatic heterocycles. The molecule has 0 aliphatic rings. The largest absolute Gasteiger partial charge is 0.297 e. The third-order valence-electron chi connectivity index (χ3n) is 3.37. The highest BCUT2D eigenvalue weighted by atomic mass is 32.2. The van der Waals surface area contributed by atoms with Gasteiger partial charge < -0.3 is 0 Å². The van der Waals surface area contributed by atoms with Crippen LogP contribution in [0.2, 0.25) is 0 Å². The molecule has 3 aromatic rings. The van der Waals surface area contributed by atoms with E-state index in [4.69, 9.17) is 0 Å². The Labute approximate surface area is 136 Å². The fraction of sp³-hybridized carbons (Fsp3) is 0.0556. The van der Waals surface area contributed by atoms with Gasteiger partial charge in [0, 0.05) is 15.3 Å². The second-order valence-corrected chi connectivity index (χ2v) is 6.71. The predicted octanol–water partition coefficient (Wildman–Crippen LogP) is 5.76. The number of aldehydes is 1. The Kier molecular flexibility index (Phi) is 4.41. The van der Waals surface area contributed by atoms with Gasteiger partial charge >= 0.3 is 0 Å². The standard InChI is InChI=1S/C18H13FOS2/c1-21-15-8-4-12(5-9-15)17-10-16(11-20)22-18(17)13-2-6-14(19)7-3-13/h2-11H,1H3. The number of carbonyl (C=O) groups excluding carboxylic acids is 1. The van der Waals surface area contributed by atoms with E-state index in [9.17, 15) is 9.18 Å². The molecule has 0 fully saturated rings. The van der Waals surface area contributed by atoms with Crippen LogP contribution in [-0.4, -0.2) is 12.5 Å². The normalized spacial score (nSPS) is 10.6. The lowest BCUT2D eigenvalue weighted by Crippen LogP contribution is -1.80. The summed E-state index contributed by atoms with van der Waals surface area (Å²) in [5, 5.41) is 0. The van der Waals surface area contributed by atoms with Crippen LogP contribution in [0.1, 0.15) is 9.67 Å². The summed E-state index contributed by atoms with van der Waals surface area (Å²) in [5.41, 5.74) is 2.98. The number of hydrogen-bond acceptors (Lipinski definition) is 3. The van der Waals surface area contributed by atoms with Crippen LogP contribution in [0.4, 0.5) is 4.39 Å². The summed E-state index contributed by atoms with van der Waals surface area (Å²) in [6.07, 6.45) is 2.89. The molecule has 2 aromatic carbocycles. The molecule has 1 nitrogen and oxygen atoms in total. The van der Waals surface area contributed by atoms with E-state index in [0.717, 1.165) is 27.9 Å². The number of hydrogen-bond donors (Lipinski definition) is 0. The van der Waals surface area contributed by atoms with E-state index < -0.39 is 0 Å². The minimum absolute atomic E-state index is 0.262. The maximum absolute atomic E-state index is 13.1.